The predicted molar refractivity (Wildman–Crippen MR) is 62.6 cm³/mol. The van der Waals surface area contributed by atoms with Gasteiger partial charge in [0.1, 0.15) is 0 Å². The molecule has 0 heterocycles. The largest absolute Gasteiger partial charge is 0.375 e. The van der Waals surface area contributed by atoms with Gasteiger partial charge in [-0.05, 0) is 39.4 Å². The zero-order valence-electron chi connectivity index (χ0n) is 9.68. The van der Waals surface area contributed by atoms with Gasteiger partial charge in [0.15, 0.2) is 0 Å². The van der Waals surface area contributed by atoms with Gasteiger partial charge in [-0.25, -0.2) is 0 Å². The Kier molecular flexibility index (Phi) is 5.38. The van der Waals surface area contributed by atoms with E-state index in [1.165, 1.54) is 0 Å². The Balaban J connectivity index is 4.11. The summed E-state index contributed by atoms with van der Waals surface area (Å²) in [7, 11) is 0. The van der Waals surface area contributed by atoms with Crippen LogP contribution < -0.4 is 0 Å². The highest BCUT2D eigenvalue weighted by atomic mass is 32.1. The summed E-state index contributed by atoms with van der Waals surface area (Å²) in [6.07, 6.45) is 2.28. The molecular weight excluding hydrogens is 180 g/mol. The Morgan fingerprint density at radius 1 is 1.08 bits per heavy atom. The van der Waals surface area contributed by atoms with Crippen LogP contribution in [0.5, 0.6) is 0 Å². The summed E-state index contributed by atoms with van der Waals surface area (Å²) in [5.41, 5.74) is 0.245. The highest BCUT2D eigenvalue weighted by molar-refractivity contribution is 7.80. The van der Waals surface area contributed by atoms with Gasteiger partial charge in [-0.3, -0.25) is 0 Å². The van der Waals surface area contributed by atoms with Gasteiger partial charge in [-0.1, -0.05) is 13.8 Å². The molecule has 13 heavy (non-hydrogen) atoms. The summed E-state index contributed by atoms with van der Waals surface area (Å²) in [6, 6.07) is 0. The maximum absolute atomic E-state index is 5.82. The molecule has 0 saturated heterocycles. The standard InChI is InChI=1S/C11H24OS/c1-6-11(7-2,9-13)8-12-10(3,4)5/h13H,6-9H2,1-5H3. The number of hydrogen-bond donors (Lipinski definition) is 1. The van der Waals surface area contributed by atoms with E-state index in [2.05, 4.69) is 47.2 Å². The van der Waals surface area contributed by atoms with E-state index in [0.717, 1.165) is 25.2 Å². The van der Waals surface area contributed by atoms with Crippen molar-refractivity contribution in [1.82, 2.24) is 0 Å². The first-order valence-electron chi connectivity index (χ1n) is 5.14. The second kappa shape index (κ2) is 5.26. The molecular formula is C11H24OS. The summed E-state index contributed by atoms with van der Waals surface area (Å²) in [6.45, 7) is 11.6. The van der Waals surface area contributed by atoms with Crippen LogP contribution in [0.25, 0.3) is 0 Å². The van der Waals surface area contributed by atoms with E-state index in [9.17, 15) is 0 Å². The molecule has 0 bridgehead atoms. The molecule has 1 nitrogen and oxygen atoms in total. The van der Waals surface area contributed by atoms with Crippen LogP contribution in [0.4, 0.5) is 0 Å². The van der Waals surface area contributed by atoms with E-state index in [-0.39, 0.29) is 11.0 Å². The fourth-order valence-electron chi connectivity index (χ4n) is 1.09. The molecule has 0 saturated carbocycles. The molecule has 80 valence electrons. The molecule has 0 rings (SSSR count). The number of rotatable bonds is 5. The van der Waals surface area contributed by atoms with E-state index in [1.54, 1.807) is 0 Å². The lowest BCUT2D eigenvalue weighted by molar-refractivity contribution is -0.0481. The lowest BCUT2D eigenvalue weighted by Gasteiger charge is -2.33. The van der Waals surface area contributed by atoms with E-state index in [1.807, 2.05) is 0 Å². The molecule has 0 aromatic heterocycles. The Bertz CT molecular complexity index is 125. The average Bonchev–Trinajstić information content (AvgIpc) is 2.06. The molecule has 0 aromatic rings. The molecule has 2 heteroatoms. The molecule has 0 unspecified atom stereocenters. The fraction of sp³-hybridized carbons (Fsp3) is 1.00. The van der Waals surface area contributed by atoms with E-state index in [4.69, 9.17) is 4.74 Å². The highest BCUT2D eigenvalue weighted by Crippen LogP contribution is 2.29. The molecule has 0 N–H and O–H groups in total. The zero-order chi connectivity index (χ0) is 10.5. The SMILES string of the molecule is CCC(CC)(CS)COC(C)(C)C. The number of hydrogen-bond acceptors (Lipinski definition) is 2. The maximum Gasteiger partial charge on any atom is 0.0598 e. The van der Waals surface area contributed by atoms with Crippen LogP contribution in [0, 0.1) is 5.41 Å². The minimum absolute atomic E-state index is 0.0292. The van der Waals surface area contributed by atoms with Crippen LogP contribution >= 0.6 is 12.6 Å². The topological polar surface area (TPSA) is 9.23 Å². The number of thiol groups is 1. The first-order chi connectivity index (χ1) is 5.89. The second-order valence-corrected chi connectivity index (χ2v) is 5.08. The molecule has 0 aliphatic rings. The van der Waals surface area contributed by atoms with Gasteiger partial charge in [0.05, 0.1) is 12.2 Å². The summed E-state index contributed by atoms with van der Waals surface area (Å²) in [4.78, 5) is 0. The van der Waals surface area contributed by atoms with Gasteiger partial charge < -0.3 is 4.74 Å². The van der Waals surface area contributed by atoms with Crippen molar-refractivity contribution >= 4 is 12.6 Å². The van der Waals surface area contributed by atoms with Crippen molar-refractivity contribution in [2.45, 2.75) is 53.1 Å². The van der Waals surface area contributed by atoms with E-state index in [0.29, 0.717) is 0 Å². The van der Waals surface area contributed by atoms with Gasteiger partial charge in [0, 0.05) is 5.41 Å². The van der Waals surface area contributed by atoms with Crippen molar-refractivity contribution in [3.8, 4) is 0 Å². The zero-order valence-corrected chi connectivity index (χ0v) is 10.6. The summed E-state index contributed by atoms with van der Waals surface area (Å²) >= 11 is 4.41. The second-order valence-electron chi connectivity index (χ2n) is 4.77. The van der Waals surface area contributed by atoms with Crippen molar-refractivity contribution in [2.24, 2.45) is 5.41 Å². The van der Waals surface area contributed by atoms with Crippen LogP contribution in [0.2, 0.25) is 0 Å². The van der Waals surface area contributed by atoms with Gasteiger partial charge in [0.2, 0.25) is 0 Å². The average molecular weight is 204 g/mol. The highest BCUT2D eigenvalue weighted by Gasteiger charge is 2.26. The Labute approximate surface area is 88.7 Å². The van der Waals surface area contributed by atoms with Gasteiger partial charge in [-0.2, -0.15) is 12.6 Å². The van der Waals surface area contributed by atoms with Crippen LogP contribution in [-0.2, 0) is 4.74 Å². The minimum atomic E-state index is -0.0292. The quantitative estimate of drug-likeness (QED) is 0.674. The molecule has 0 aromatic carbocycles. The lowest BCUT2D eigenvalue weighted by Crippen LogP contribution is -2.32. The molecule has 0 aliphatic carbocycles. The third kappa shape index (κ3) is 4.92. The first kappa shape index (κ1) is 13.3. The predicted octanol–water partition coefficient (Wildman–Crippen LogP) is 3.54. The normalized spacial score (nSPS) is 13.4. The fourth-order valence-corrected chi connectivity index (χ4v) is 1.63. The monoisotopic (exact) mass is 204 g/mol. The molecule has 0 spiro atoms. The van der Waals surface area contributed by atoms with Crippen LogP contribution in [0.3, 0.4) is 0 Å². The first-order valence-corrected chi connectivity index (χ1v) is 5.77. The number of ether oxygens (including phenoxy) is 1. The van der Waals surface area contributed by atoms with Crippen molar-refractivity contribution < 1.29 is 4.74 Å². The molecule has 0 fully saturated rings. The van der Waals surface area contributed by atoms with Crippen molar-refractivity contribution in [1.29, 1.82) is 0 Å². The van der Waals surface area contributed by atoms with Crippen molar-refractivity contribution in [3.63, 3.8) is 0 Å². The summed E-state index contributed by atoms with van der Waals surface area (Å²) in [5, 5.41) is 0. The van der Waals surface area contributed by atoms with Crippen LogP contribution in [-0.4, -0.2) is 18.0 Å². The van der Waals surface area contributed by atoms with Crippen molar-refractivity contribution in [2.75, 3.05) is 12.4 Å². The van der Waals surface area contributed by atoms with Crippen molar-refractivity contribution in [3.05, 3.63) is 0 Å². The minimum Gasteiger partial charge on any atom is -0.375 e. The van der Waals surface area contributed by atoms with E-state index >= 15 is 0 Å². The Morgan fingerprint density at radius 3 is 1.77 bits per heavy atom. The van der Waals surface area contributed by atoms with Gasteiger partial charge >= 0.3 is 0 Å². The third-order valence-corrected chi connectivity index (χ3v) is 3.32. The summed E-state index contributed by atoms with van der Waals surface area (Å²) in [5.74, 6) is 0.913. The smallest absolute Gasteiger partial charge is 0.0598 e. The maximum atomic E-state index is 5.82. The van der Waals surface area contributed by atoms with Gasteiger partial charge in [0.25, 0.3) is 0 Å². The lowest BCUT2D eigenvalue weighted by atomic mass is 9.85. The molecule has 0 radical (unpaired) electrons. The Morgan fingerprint density at radius 2 is 1.54 bits per heavy atom. The molecule has 0 aliphatic heterocycles. The third-order valence-electron chi connectivity index (χ3n) is 2.65. The van der Waals surface area contributed by atoms with Gasteiger partial charge in [-0.15, -0.1) is 0 Å². The van der Waals surface area contributed by atoms with E-state index < -0.39 is 0 Å². The summed E-state index contributed by atoms with van der Waals surface area (Å²) < 4.78 is 5.82. The molecule has 0 atom stereocenters. The van der Waals surface area contributed by atoms with Crippen LogP contribution in [0.1, 0.15) is 47.5 Å². The van der Waals surface area contributed by atoms with Crippen LogP contribution in [0.15, 0.2) is 0 Å². The Hall–Kier alpha value is 0.310. The molecule has 0 amide bonds.